The number of alkyl halides is 3. The van der Waals surface area contributed by atoms with Crippen molar-refractivity contribution in [1.82, 2.24) is 4.98 Å². The van der Waals surface area contributed by atoms with Crippen LogP contribution in [0.2, 0.25) is 0 Å². The van der Waals surface area contributed by atoms with E-state index in [0.717, 1.165) is 0 Å². The summed E-state index contributed by atoms with van der Waals surface area (Å²) in [6.07, 6.45) is -5.38. The van der Waals surface area contributed by atoms with Crippen LogP contribution in [-0.2, 0) is 6.42 Å². The van der Waals surface area contributed by atoms with Crippen molar-refractivity contribution in [3.05, 3.63) is 48.0 Å². The Kier molecular flexibility index (Phi) is 3.89. The number of fused-ring (bicyclic) bond motifs is 2. The third-order valence-electron chi connectivity index (χ3n) is 3.29. The van der Waals surface area contributed by atoms with Gasteiger partial charge in [0.05, 0.1) is 17.5 Å². The molecule has 0 saturated heterocycles. The molecule has 0 saturated carbocycles. The summed E-state index contributed by atoms with van der Waals surface area (Å²) in [4.78, 5) is 15.9. The maximum absolute atomic E-state index is 12.6. The van der Waals surface area contributed by atoms with Crippen LogP contribution in [0.5, 0.6) is 0 Å². The van der Waals surface area contributed by atoms with E-state index in [-0.39, 0.29) is 5.56 Å². The summed E-state index contributed by atoms with van der Waals surface area (Å²) in [5, 5.41) is 9.01. The molecule has 0 aliphatic heterocycles. The SMILES string of the molecule is O=C(O)Sc1c2ccccc2nc2ccc(CC(F)(F)F)cc12. The van der Waals surface area contributed by atoms with E-state index in [9.17, 15) is 18.0 Å². The zero-order chi connectivity index (χ0) is 16.6. The van der Waals surface area contributed by atoms with Gasteiger partial charge in [0.1, 0.15) is 0 Å². The average molecular weight is 337 g/mol. The minimum absolute atomic E-state index is 0.0781. The Morgan fingerprint density at radius 3 is 2.48 bits per heavy atom. The van der Waals surface area contributed by atoms with Crippen molar-refractivity contribution in [3.8, 4) is 0 Å². The van der Waals surface area contributed by atoms with Crippen molar-refractivity contribution in [2.75, 3.05) is 0 Å². The molecule has 3 nitrogen and oxygen atoms in total. The molecule has 0 unspecified atom stereocenters. The Labute approximate surface area is 133 Å². The smallest absolute Gasteiger partial charge is 0.393 e. The van der Waals surface area contributed by atoms with Crippen LogP contribution in [0.15, 0.2) is 47.4 Å². The van der Waals surface area contributed by atoms with Gasteiger partial charge in [-0.05, 0) is 35.5 Å². The van der Waals surface area contributed by atoms with E-state index in [2.05, 4.69) is 4.98 Å². The largest absolute Gasteiger partial charge is 0.473 e. The van der Waals surface area contributed by atoms with E-state index in [1.54, 1.807) is 24.3 Å². The molecule has 7 heteroatoms. The van der Waals surface area contributed by atoms with Gasteiger partial charge in [-0.15, -0.1) is 0 Å². The Balaban J connectivity index is 2.27. The lowest BCUT2D eigenvalue weighted by molar-refractivity contribution is -0.127. The van der Waals surface area contributed by atoms with Crippen LogP contribution >= 0.6 is 11.8 Å². The lowest BCUT2D eigenvalue weighted by Crippen LogP contribution is -2.11. The van der Waals surface area contributed by atoms with E-state index in [1.807, 2.05) is 0 Å². The molecular weight excluding hydrogens is 327 g/mol. The van der Waals surface area contributed by atoms with Gasteiger partial charge in [0.2, 0.25) is 0 Å². The predicted molar refractivity (Wildman–Crippen MR) is 82.9 cm³/mol. The zero-order valence-electron chi connectivity index (χ0n) is 11.6. The van der Waals surface area contributed by atoms with Crippen molar-refractivity contribution in [1.29, 1.82) is 0 Å². The second-order valence-electron chi connectivity index (χ2n) is 4.97. The zero-order valence-corrected chi connectivity index (χ0v) is 12.4. The lowest BCUT2D eigenvalue weighted by Gasteiger charge is -2.11. The predicted octanol–water partition coefficient (Wildman–Crippen LogP) is 5.26. The summed E-state index contributed by atoms with van der Waals surface area (Å²) in [5.74, 6) is 0. The van der Waals surface area contributed by atoms with Crippen LogP contribution in [0, 0.1) is 0 Å². The fourth-order valence-electron chi connectivity index (χ4n) is 2.44. The van der Waals surface area contributed by atoms with Crippen LogP contribution in [0.25, 0.3) is 21.8 Å². The van der Waals surface area contributed by atoms with Gasteiger partial charge in [0.15, 0.2) is 0 Å². The van der Waals surface area contributed by atoms with Crippen molar-refractivity contribution in [3.63, 3.8) is 0 Å². The molecule has 1 N–H and O–H groups in total. The third kappa shape index (κ3) is 3.39. The normalized spacial score (nSPS) is 12.0. The summed E-state index contributed by atoms with van der Waals surface area (Å²) in [7, 11) is 0. The number of nitrogens with zero attached hydrogens (tertiary/aromatic N) is 1. The molecule has 23 heavy (non-hydrogen) atoms. The highest BCUT2D eigenvalue weighted by Crippen LogP contribution is 2.35. The van der Waals surface area contributed by atoms with Gasteiger partial charge in [-0.2, -0.15) is 13.2 Å². The molecule has 0 aliphatic carbocycles. The van der Waals surface area contributed by atoms with Gasteiger partial charge in [-0.3, -0.25) is 0 Å². The average Bonchev–Trinajstić information content (AvgIpc) is 2.45. The fraction of sp³-hybridized carbons (Fsp3) is 0.125. The van der Waals surface area contributed by atoms with Crippen LogP contribution in [-0.4, -0.2) is 21.6 Å². The molecule has 1 heterocycles. The van der Waals surface area contributed by atoms with Crippen LogP contribution in [0.1, 0.15) is 5.56 Å². The molecule has 2 aromatic carbocycles. The second-order valence-corrected chi connectivity index (χ2v) is 5.93. The first-order chi connectivity index (χ1) is 10.8. The molecule has 0 bridgehead atoms. The summed E-state index contributed by atoms with van der Waals surface area (Å²) in [5.41, 5.74) is 1.15. The first kappa shape index (κ1) is 15.6. The molecule has 0 amide bonds. The third-order valence-corrected chi connectivity index (χ3v) is 4.11. The number of carboxylic acid groups (broad SMARTS) is 1. The fourth-order valence-corrected chi connectivity index (χ4v) is 3.17. The highest BCUT2D eigenvalue weighted by Gasteiger charge is 2.28. The Hall–Kier alpha value is -2.28. The minimum atomic E-state index is -4.32. The number of hydrogen-bond acceptors (Lipinski definition) is 3. The van der Waals surface area contributed by atoms with E-state index in [1.165, 1.54) is 18.2 Å². The highest BCUT2D eigenvalue weighted by molar-refractivity contribution is 8.13. The van der Waals surface area contributed by atoms with Crippen LogP contribution in [0.3, 0.4) is 0 Å². The summed E-state index contributed by atoms with van der Waals surface area (Å²) < 4.78 is 37.8. The molecular formula is C16H10F3NO2S. The first-order valence-corrected chi connectivity index (χ1v) is 7.44. The number of hydrogen-bond donors (Lipinski definition) is 1. The number of thioether (sulfide) groups is 1. The quantitative estimate of drug-likeness (QED) is 0.512. The molecule has 1 aromatic heterocycles. The van der Waals surface area contributed by atoms with E-state index in [4.69, 9.17) is 5.11 Å². The number of aromatic nitrogens is 1. The molecule has 0 fully saturated rings. The van der Waals surface area contributed by atoms with E-state index < -0.39 is 17.9 Å². The van der Waals surface area contributed by atoms with Crippen LogP contribution < -0.4 is 0 Å². The van der Waals surface area contributed by atoms with Crippen molar-refractivity contribution in [2.45, 2.75) is 17.5 Å². The van der Waals surface area contributed by atoms with Gasteiger partial charge < -0.3 is 5.11 Å². The topological polar surface area (TPSA) is 50.2 Å². The highest BCUT2D eigenvalue weighted by atomic mass is 32.2. The molecule has 0 aliphatic rings. The Bertz CT molecular complexity index is 909. The Morgan fingerprint density at radius 2 is 1.78 bits per heavy atom. The van der Waals surface area contributed by atoms with Crippen LogP contribution in [0.4, 0.5) is 18.0 Å². The summed E-state index contributed by atoms with van der Waals surface area (Å²) >= 11 is 0.580. The molecule has 0 spiro atoms. The summed E-state index contributed by atoms with van der Waals surface area (Å²) in [6.45, 7) is 0. The molecule has 0 radical (unpaired) electrons. The number of halogens is 3. The number of pyridine rings is 1. The van der Waals surface area contributed by atoms with Gasteiger partial charge in [0, 0.05) is 15.7 Å². The lowest BCUT2D eigenvalue weighted by atomic mass is 10.1. The monoisotopic (exact) mass is 337 g/mol. The summed E-state index contributed by atoms with van der Waals surface area (Å²) in [6, 6.07) is 11.2. The maximum atomic E-state index is 12.6. The number of carbonyl (C=O) groups is 1. The Morgan fingerprint density at radius 1 is 1.09 bits per heavy atom. The van der Waals surface area contributed by atoms with Crippen molar-refractivity contribution < 1.29 is 23.1 Å². The van der Waals surface area contributed by atoms with E-state index in [0.29, 0.717) is 38.5 Å². The van der Waals surface area contributed by atoms with Gasteiger partial charge in [0.25, 0.3) is 0 Å². The molecule has 118 valence electrons. The van der Waals surface area contributed by atoms with Gasteiger partial charge in [-0.1, -0.05) is 24.3 Å². The van der Waals surface area contributed by atoms with Crippen molar-refractivity contribution >= 4 is 38.9 Å². The molecule has 3 rings (SSSR count). The molecule has 0 atom stereocenters. The number of para-hydroxylation sites is 1. The number of rotatable bonds is 2. The van der Waals surface area contributed by atoms with Gasteiger partial charge >= 0.3 is 11.5 Å². The first-order valence-electron chi connectivity index (χ1n) is 6.62. The van der Waals surface area contributed by atoms with E-state index >= 15 is 0 Å². The molecule has 3 aromatic rings. The van der Waals surface area contributed by atoms with Crippen molar-refractivity contribution in [2.24, 2.45) is 0 Å². The van der Waals surface area contributed by atoms with Gasteiger partial charge in [-0.25, -0.2) is 9.78 Å². The maximum Gasteiger partial charge on any atom is 0.393 e. The number of benzene rings is 2. The second kappa shape index (κ2) is 5.73. The standard InChI is InChI=1S/C16H10F3NO2S/c17-16(18,19)8-9-5-6-13-11(7-9)14(23-15(21)22)10-3-1-2-4-12(10)20-13/h1-7H,8H2,(H,21,22). The minimum Gasteiger partial charge on any atom is -0.473 e.